The molecule has 3 rings (SSSR count). The number of cyclic esters (lactones) is 1. The Labute approximate surface area is 137 Å². The zero-order valence-corrected chi connectivity index (χ0v) is 14.6. The minimum atomic E-state index is -0.747. The van der Waals surface area contributed by atoms with Gasteiger partial charge in [-0.3, -0.25) is 4.79 Å². The predicted octanol–water partition coefficient (Wildman–Crippen LogP) is 3.62. The van der Waals surface area contributed by atoms with Crippen molar-refractivity contribution in [1.29, 1.82) is 0 Å². The second kappa shape index (κ2) is 4.99. The van der Waals surface area contributed by atoms with Gasteiger partial charge in [-0.15, -0.1) is 0 Å². The molecule has 0 bridgehead atoms. The number of hydrogen-bond acceptors (Lipinski definition) is 5. The molecule has 0 aromatic rings. The van der Waals surface area contributed by atoms with Gasteiger partial charge in [0.2, 0.25) is 0 Å². The SMILES string of the molecule is CC(=O)O[C@@H]1C=C(C)[C@]2(COC(=O)O2)[C@@]2(C)CCCC(C)(C)[C@H]12. The minimum absolute atomic E-state index is 0.0215. The zero-order chi connectivity index (χ0) is 17.0. The van der Waals surface area contributed by atoms with Gasteiger partial charge in [0.05, 0.1) is 0 Å². The van der Waals surface area contributed by atoms with Crippen molar-refractivity contribution in [3.05, 3.63) is 11.6 Å². The maximum absolute atomic E-state index is 11.7. The summed E-state index contributed by atoms with van der Waals surface area (Å²) in [6, 6.07) is 0. The zero-order valence-electron chi connectivity index (χ0n) is 14.6. The number of esters is 1. The van der Waals surface area contributed by atoms with Crippen LogP contribution < -0.4 is 0 Å². The molecular formula is C18H26O5. The third kappa shape index (κ3) is 2.19. The van der Waals surface area contributed by atoms with Crippen LogP contribution in [0.15, 0.2) is 11.6 Å². The van der Waals surface area contributed by atoms with E-state index in [1.54, 1.807) is 0 Å². The van der Waals surface area contributed by atoms with Crippen molar-refractivity contribution in [1.82, 2.24) is 0 Å². The van der Waals surface area contributed by atoms with E-state index in [0.717, 1.165) is 24.8 Å². The Morgan fingerprint density at radius 2 is 2.00 bits per heavy atom. The van der Waals surface area contributed by atoms with Crippen molar-refractivity contribution in [2.75, 3.05) is 6.61 Å². The standard InChI is InChI=1S/C18H26O5/c1-11-9-13(22-12(2)19)14-16(3,4)7-6-8-17(14,5)18(11)10-21-15(20)23-18/h9,13-14H,6-8,10H2,1-5H3/t13-,14+,17+,18-/m1/s1. The largest absolute Gasteiger partial charge is 0.509 e. The molecule has 4 atom stereocenters. The van der Waals surface area contributed by atoms with Crippen LogP contribution in [0.4, 0.5) is 4.79 Å². The summed E-state index contributed by atoms with van der Waals surface area (Å²) in [5, 5.41) is 0. The molecule has 0 amide bonds. The summed E-state index contributed by atoms with van der Waals surface area (Å²) >= 11 is 0. The van der Waals surface area contributed by atoms with Crippen LogP contribution in [0.1, 0.15) is 53.9 Å². The van der Waals surface area contributed by atoms with Crippen LogP contribution in [0.5, 0.6) is 0 Å². The van der Waals surface area contributed by atoms with Crippen LogP contribution in [-0.4, -0.2) is 30.4 Å². The van der Waals surface area contributed by atoms with Gasteiger partial charge in [-0.25, -0.2) is 4.79 Å². The van der Waals surface area contributed by atoms with Crippen LogP contribution in [0, 0.1) is 16.7 Å². The highest BCUT2D eigenvalue weighted by Crippen LogP contribution is 2.63. The average molecular weight is 322 g/mol. The Bertz CT molecular complexity index is 578. The fourth-order valence-electron chi connectivity index (χ4n) is 5.40. The fraction of sp³-hybridized carbons (Fsp3) is 0.778. The van der Waals surface area contributed by atoms with Gasteiger partial charge >= 0.3 is 12.1 Å². The van der Waals surface area contributed by atoms with E-state index in [2.05, 4.69) is 20.8 Å². The highest BCUT2D eigenvalue weighted by Gasteiger charge is 2.67. The van der Waals surface area contributed by atoms with Crippen molar-refractivity contribution in [2.24, 2.45) is 16.7 Å². The van der Waals surface area contributed by atoms with Crippen LogP contribution in [0.25, 0.3) is 0 Å². The Morgan fingerprint density at radius 3 is 2.57 bits per heavy atom. The third-order valence-corrected chi connectivity index (χ3v) is 6.30. The van der Waals surface area contributed by atoms with E-state index in [-0.39, 0.29) is 35.4 Å². The summed E-state index contributed by atoms with van der Waals surface area (Å²) in [5.74, 6) is -0.204. The highest BCUT2D eigenvalue weighted by atomic mass is 16.8. The maximum atomic E-state index is 11.7. The topological polar surface area (TPSA) is 61.8 Å². The van der Waals surface area contributed by atoms with Crippen LogP contribution in [0.2, 0.25) is 0 Å². The van der Waals surface area contributed by atoms with E-state index < -0.39 is 11.8 Å². The molecule has 0 aromatic carbocycles. The van der Waals surface area contributed by atoms with Crippen molar-refractivity contribution in [3.8, 4) is 0 Å². The Kier molecular flexibility index (Phi) is 3.54. The van der Waals surface area contributed by atoms with Gasteiger partial charge in [-0.1, -0.05) is 27.2 Å². The molecule has 5 heteroatoms. The molecule has 1 aliphatic heterocycles. The van der Waals surface area contributed by atoms with Crippen molar-refractivity contribution in [2.45, 2.75) is 65.6 Å². The molecule has 0 aromatic heterocycles. The van der Waals surface area contributed by atoms with Crippen molar-refractivity contribution >= 4 is 12.1 Å². The molecule has 3 aliphatic rings. The Balaban J connectivity index is 2.15. The molecule has 0 radical (unpaired) electrons. The van der Waals surface area contributed by atoms with E-state index in [1.807, 2.05) is 13.0 Å². The first-order valence-corrected chi connectivity index (χ1v) is 8.34. The quantitative estimate of drug-likeness (QED) is 0.545. The monoisotopic (exact) mass is 322 g/mol. The highest BCUT2D eigenvalue weighted by molar-refractivity contribution is 5.67. The summed E-state index contributed by atoms with van der Waals surface area (Å²) in [6.45, 7) is 10.2. The summed E-state index contributed by atoms with van der Waals surface area (Å²) < 4.78 is 16.6. The molecule has 2 fully saturated rings. The fourth-order valence-corrected chi connectivity index (χ4v) is 5.40. The van der Waals surface area contributed by atoms with Gasteiger partial charge in [0.1, 0.15) is 12.7 Å². The van der Waals surface area contributed by atoms with Gasteiger partial charge in [0, 0.05) is 18.3 Å². The normalized spacial score (nSPS) is 41.6. The molecule has 1 spiro atoms. The van der Waals surface area contributed by atoms with E-state index in [0.29, 0.717) is 0 Å². The van der Waals surface area contributed by atoms with Crippen LogP contribution >= 0.6 is 0 Å². The molecule has 5 nitrogen and oxygen atoms in total. The Hall–Kier alpha value is -1.52. The first-order valence-electron chi connectivity index (χ1n) is 8.34. The molecule has 1 saturated heterocycles. The molecule has 128 valence electrons. The van der Waals surface area contributed by atoms with Crippen LogP contribution in [0.3, 0.4) is 0 Å². The number of fused-ring (bicyclic) bond motifs is 2. The molecule has 23 heavy (non-hydrogen) atoms. The molecular weight excluding hydrogens is 296 g/mol. The lowest BCUT2D eigenvalue weighted by molar-refractivity contribution is -0.180. The van der Waals surface area contributed by atoms with E-state index in [4.69, 9.17) is 14.2 Å². The minimum Gasteiger partial charge on any atom is -0.458 e. The molecule has 1 heterocycles. The molecule has 1 saturated carbocycles. The van der Waals surface area contributed by atoms with Gasteiger partial charge in [0.25, 0.3) is 0 Å². The predicted molar refractivity (Wildman–Crippen MR) is 83.7 cm³/mol. The van der Waals surface area contributed by atoms with Gasteiger partial charge < -0.3 is 14.2 Å². The number of ether oxygens (including phenoxy) is 3. The lowest BCUT2D eigenvalue weighted by Gasteiger charge is -2.60. The third-order valence-electron chi connectivity index (χ3n) is 6.30. The second-order valence-electron chi connectivity index (χ2n) is 8.13. The van der Waals surface area contributed by atoms with Crippen molar-refractivity contribution < 1.29 is 23.8 Å². The van der Waals surface area contributed by atoms with Gasteiger partial charge in [-0.05, 0) is 36.8 Å². The van der Waals surface area contributed by atoms with Gasteiger partial charge in [-0.2, -0.15) is 0 Å². The number of carbonyl (C=O) groups excluding carboxylic acids is 2. The van der Waals surface area contributed by atoms with Crippen molar-refractivity contribution in [3.63, 3.8) is 0 Å². The summed E-state index contributed by atoms with van der Waals surface area (Å²) in [7, 11) is 0. The molecule has 0 unspecified atom stereocenters. The van der Waals surface area contributed by atoms with E-state index in [9.17, 15) is 9.59 Å². The van der Waals surface area contributed by atoms with E-state index >= 15 is 0 Å². The van der Waals surface area contributed by atoms with Gasteiger partial charge in [0.15, 0.2) is 5.60 Å². The van der Waals surface area contributed by atoms with Crippen LogP contribution in [-0.2, 0) is 19.0 Å². The first kappa shape index (κ1) is 16.3. The lowest BCUT2D eigenvalue weighted by Crippen LogP contribution is -2.64. The Morgan fingerprint density at radius 1 is 1.30 bits per heavy atom. The summed E-state index contributed by atoms with van der Waals surface area (Å²) in [5.41, 5.74) is -0.166. The maximum Gasteiger partial charge on any atom is 0.509 e. The average Bonchev–Trinajstić information content (AvgIpc) is 2.79. The lowest BCUT2D eigenvalue weighted by atomic mass is 9.46. The molecule has 2 aliphatic carbocycles. The smallest absolute Gasteiger partial charge is 0.458 e. The molecule has 0 N–H and O–H groups in total. The summed E-state index contributed by atoms with van der Waals surface area (Å²) in [4.78, 5) is 23.4. The summed E-state index contributed by atoms with van der Waals surface area (Å²) in [6.07, 6.45) is 4.09. The first-order chi connectivity index (χ1) is 10.6. The number of hydrogen-bond donors (Lipinski definition) is 0. The number of carbonyl (C=O) groups is 2. The second-order valence-corrected chi connectivity index (χ2v) is 8.13. The van der Waals surface area contributed by atoms with E-state index in [1.165, 1.54) is 6.92 Å². The number of rotatable bonds is 1.